The van der Waals surface area contributed by atoms with Crippen LogP contribution in [0.15, 0.2) is 0 Å². The fourth-order valence-corrected chi connectivity index (χ4v) is 3.69. The van der Waals surface area contributed by atoms with Crippen LogP contribution in [0.5, 0.6) is 0 Å². The molecule has 0 radical (unpaired) electrons. The second kappa shape index (κ2) is 7.57. The molecule has 0 bridgehead atoms. The molecule has 0 aromatic rings. The van der Waals surface area contributed by atoms with Gasteiger partial charge in [0, 0.05) is 18.6 Å². The summed E-state index contributed by atoms with van der Waals surface area (Å²) in [6, 6.07) is 0. The molecule has 114 valence electrons. The van der Waals surface area contributed by atoms with Crippen molar-refractivity contribution in [3.63, 3.8) is 0 Å². The summed E-state index contributed by atoms with van der Waals surface area (Å²) in [7, 11) is 0.928. The molecule has 0 unspecified atom stereocenters. The van der Waals surface area contributed by atoms with Crippen LogP contribution in [0.4, 0.5) is 0 Å². The van der Waals surface area contributed by atoms with Crippen molar-refractivity contribution >= 4 is 10.0 Å². The highest BCUT2D eigenvalue weighted by Gasteiger charge is 2.36. The van der Waals surface area contributed by atoms with Crippen molar-refractivity contribution in [2.45, 2.75) is 44.6 Å². The third kappa shape index (κ3) is 5.38. The number of nitrogens with zero attached hydrogens (tertiary/aromatic N) is 1. The van der Waals surface area contributed by atoms with Crippen LogP contribution in [0.25, 0.3) is 0 Å². The van der Waals surface area contributed by atoms with E-state index in [2.05, 4.69) is 21.9 Å². The second-order valence-electron chi connectivity index (χ2n) is 5.72. The number of nitrogens with one attached hydrogen (secondary N) is 2. The molecule has 0 amide bonds. The van der Waals surface area contributed by atoms with E-state index in [1.54, 1.807) is 0 Å². The summed E-state index contributed by atoms with van der Waals surface area (Å²) in [5, 5.41) is 3.12. The van der Waals surface area contributed by atoms with Crippen molar-refractivity contribution in [1.29, 1.82) is 0 Å². The summed E-state index contributed by atoms with van der Waals surface area (Å²) in [5.41, 5.74) is 0.0178. The van der Waals surface area contributed by atoms with Gasteiger partial charge in [-0.05, 0) is 39.9 Å². The number of rotatable bonds is 9. The van der Waals surface area contributed by atoms with Crippen LogP contribution in [0, 0.1) is 0 Å². The van der Waals surface area contributed by atoms with E-state index in [4.69, 9.17) is 0 Å². The molecular formula is C13H29N3O2S. The van der Waals surface area contributed by atoms with Crippen LogP contribution >= 0.6 is 0 Å². The summed E-state index contributed by atoms with van der Waals surface area (Å²) in [6.07, 6.45) is 5.57. The molecule has 0 heterocycles. The van der Waals surface area contributed by atoms with Gasteiger partial charge in [-0.2, -0.15) is 0 Å². The normalized spacial score (nSPS) is 19.2. The Morgan fingerprint density at radius 1 is 1.16 bits per heavy atom. The van der Waals surface area contributed by atoms with E-state index in [9.17, 15) is 8.42 Å². The molecule has 2 N–H and O–H groups in total. The van der Waals surface area contributed by atoms with Gasteiger partial charge < -0.3 is 10.2 Å². The van der Waals surface area contributed by atoms with E-state index in [0.717, 1.165) is 25.8 Å². The van der Waals surface area contributed by atoms with Crippen LogP contribution in [-0.2, 0) is 10.0 Å². The second-order valence-corrected chi connectivity index (χ2v) is 7.64. The average Bonchev–Trinajstić information content (AvgIpc) is 2.83. The van der Waals surface area contributed by atoms with E-state index < -0.39 is 10.0 Å². The standard InChI is InChI=1S/C13H29N3O2S/c1-4-9-14-10-11-19(17,18)15-12-13(16(2)3)7-5-6-8-13/h14-15H,4-12H2,1-3H3. The molecule has 1 fully saturated rings. The predicted octanol–water partition coefficient (Wildman–Crippen LogP) is 0.780. The summed E-state index contributed by atoms with van der Waals surface area (Å²) >= 11 is 0. The first kappa shape index (κ1) is 16.9. The predicted molar refractivity (Wildman–Crippen MR) is 79.8 cm³/mol. The van der Waals surface area contributed by atoms with Gasteiger partial charge in [-0.3, -0.25) is 0 Å². The van der Waals surface area contributed by atoms with Gasteiger partial charge >= 0.3 is 0 Å². The van der Waals surface area contributed by atoms with Gasteiger partial charge in [-0.1, -0.05) is 19.8 Å². The Morgan fingerprint density at radius 3 is 2.32 bits per heavy atom. The third-order valence-corrected chi connectivity index (χ3v) is 5.40. The Morgan fingerprint density at radius 2 is 1.79 bits per heavy atom. The minimum Gasteiger partial charge on any atom is -0.316 e. The Hall–Kier alpha value is -0.170. The molecule has 0 aliphatic heterocycles. The van der Waals surface area contributed by atoms with E-state index in [0.29, 0.717) is 13.1 Å². The molecule has 5 nitrogen and oxygen atoms in total. The molecule has 6 heteroatoms. The summed E-state index contributed by atoms with van der Waals surface area (Å²) in [5.74, 6) is 0.163. The molecule has 1 saturated carbocycles. The SMILES string of the molecule is CCCNCCS(=O)(=O)NCC1(N(C)C)CCCC1. The first-order valence-corrected chi connectivity index (χ1v) is 8.92. The molecule has 1 rings (SSSR count). The first-order valence-electron chi connectivity index (χ1n) is 7.27. The van der Waals surface area contributed by atoms with Crippen LogP contribution in [-0.4, -0.2) is 58.3 Å². The van der Waals surface area contributed by atoms with Gasteiger partial charge in [0.1, 0.15) is 0 Å². The van der Waals surface area contributed by atoms with Crippen molar-refractivity contribution in [3.05, 3.63) is 0 Å². The third-order valence-electron chi connectivity index (χ3n) is 4.08. The van der Waals surface area contributed by atoms with Crippen LogP contribution < -0.4 is 10.0 Å². The molecular weight excluding hydrogens is 262 g/mol. The number of hydrogen-bond donors (Lipinski definition) is 2. The maximum atomic E-state index is 11.9. The number of likely N-dealkylation sites (N-methyl/N-ethyl adjacent to an activating group) is 1. The molecule has 0 aromatic carbocycles. The molecule has 0 atom stereocenters. The highest BCUT2D eigenvalue weighted by molar-refractivity contribution is 7.89. The Bertz CT molecular complexity index is 349. The quantitative estimate of drug-likeness (QED) is 0.616. The fraction of sp³-hybridized carbons (Fsp3) is 1.00. The van der Waals surface area contributed by atoms with Crippen molar-refractivity contribution in [3.8, 4) is 0 Å². The monoisotopic (exact) mass is 291 g/mol. The lowest BCUT2D eigenvalue weighted by atomic mass is 9.97. The summed E-state index contributed by atoms with van der Waals surface area (Å²) in [4.78, 5) is 2.18. The van der Waals surface area contributed by atoms with Crippen molar-refractivity contribution < 1.29 is 8.42 Å². The van der Waals surface area contributed by atoms with Gasteiger partial charge in [0.2, 0.25) is 10.0 Å². The average molecular weight is 291 g/mol. The Kier molecular flexibility index (Phi) is 6.73. The lowest BCUT2D eigenvalue weighted by molar-refractivity contribution is 0.162. The number of hydrogen-bond acceptors (Lipinski definition) is 4. The zero-order valence-electron chi connectivity index (χ0n) is 12.5. The van der Waals surface area contributed by atoms with Gasteiger partial charge in [-0.15, -0.1) is 0 Å². The van der Waals surface area contributed by atoms with Crippen molar-refractivity contribution in [1.82, 2.24) is 14.9 Å². The smallest absolute Gasteiger partial charge is 0.212 e. The van der Waals surface area contributed by atoms with Crippen LogP contribution in [0.2, 0.25) is 0 Å². The molecule has 19 heavy (non-hydrogen) atoms. The van der Waals surface area contributed by atoms with Gasteiger partial charge in [0.05, 0.1) is 5.75 Å². The summed E-state index contributed by atoms with van der Waals surface area (Å²) < 4.78 is 26.7. The van der Waals surface area contributed by atoms with Crippen LogP contribution in [0.3, 0.4) is 0 Å². The first-order chi connectivity index (χ1) is 8.92. The highest BCUT2D eigenvalue weighted by Crippen LogP contribution is 2.33. The number of sulfonamides is 1. The maximum absolute atomic E-state index is 11.9. The topological polar surface area (TPSA) is 61.4 Å². The van der Waals surface area contributed by atoms with Crippen molar-refractivity contribution in [2.75, 3.05) is 39.5 Å². The molecule has 0 aromatic heterocycles. The molecule has 1 aliphatic rings. The Balaban J connectivity index is 2.41. The Labute approximate surface area is 118 Å². The summed E-state index contributed by atoms with van der Waals surface area (Å²) in [6.45, 7) is 4.01. The van der Waals surface area contributed by atoms with E-state index in [1.165, 1.54) is 12.8 Å². The van der Waals surface area contributed by atoms with Crippen molar-refractivity contribution in [2.24, 2.45) is 0 Å². The zero-order chi connectivity index (χ0) is 14.4. The fourth-order valence-electron chi connectivity index (χ4n) is 2.64. The van der Waals surface area contributed by atoms with Crippen LogP contribution in [0.1, 0.15) is 39.0 Å². The molecule has 0 saturated heterocycles. The lowest BCUT2D eigenvalue weighted by Crippen LogP contribution is -2.51. The van der Waals surface area contributed by atoms with E-state index in [1.807, 2.05) is 14.1 Å². The highest BCUT2D eigenvalue weighted by atomic mass is 32.2. The van der Waals surface area contributed by atoms with Gasteiger partial charge in [0.25, 0.3) is 0 Å². The molecule has 0 spiro atoms. The van der Waals surface area contributed by atoms with E-state index in [-0.39, 0.29) is 11.3 Å². The zero-order valence-corrected chi connectivity index (χ0v) is 13.4. The molecule has 1 aliphatic carbocycles. The lowest BCUT2D eigenvalue weighted by Gasteiger charge is -2.36. The van der Waals surface area contributed by atoms with Gasteiger partial charge in [-0.25, -0.2) is 13.1 Å². The van der Waals surface area contributed by atoms with E-state index >= 15 is 0 Å². The minimum absolute atomic E-state index is 0.0178. The largest absolute Gasteiger partial charge is 0.316 e. The van der Waals surface area contributed by atoms with Gasteiger partial charge in [0.15, 0.2) is 0 Å². The minimum atomic E-state index is -3.16. The maximum Gasteiger partial charge on any atom is 0.212 e.